The second-order valence-electron chi connectivity index (χ2n) is 5.65. The van der Waals surface area contributed by atoms with E-state index in [9.17, 15) is 0 Å². The maximum Gasteiger partial charge on any atom is 0.163 e. The van der Waals surface area contributed by atoms with E-state index >= 15 is 0 Å². The molecule has 140 valence electrons. The molecule has 0 amide bonds. The van der Waals surface area contributed by atoms with Gasteiger partial charge >= 0.3 is 0 Å². The van der Waals surface area contributed by atoms with E-state index in [1.165, 1.54) is 6.33 Å². The van der Waals surface area contributed by atoms with Crippen LogP contribution in [0.5, 0.6) is 11.5 Å². The molecule has 0 fully saturated rings. The van der Waals surface area contributed by atoms with Gasteiger partial charge < -0.3 is 14.8 Å². The van der Waals surface area contributed by atoms with Gasteiger partial charge in [0.25, 0.3) is 0 Å². The van der Waals surface area contributed by atoms with Crippen molar-refractivity contribution in [2.24, 2.45) is 0 Å². The molecule has 0 bridgehead atoms. The minimum Gasteiger partial charge on any atom is -0.490 e. The summed E-state index contributed by atoms with van der Waals surface area (Å²) in [6.07, 6.45) is 7.10. The van der Waals surface area contributed by atoms with Gasteiger partial charge in [-0.25, -0.2) is 9.97 Å². The van der Waals surface area contributed by atoms with Gasteiger partial charge in [0.2, 0.25) is 0 Å². The number of nitrogens with one attached hydrogen (secondary N) is 1. The molecule has 0 saturated heterocycles. The summed E-state index contributed by atoms with van der Waals surface area (Å²) in [7, 11) is 0. The van der Waals surface area contributed by atoms with Crippen LogP contribution in [-0.4, -0.2) is 23.2 Å². The summed E-state index contributed by atoms with van der Waals surface area (Å²) in [6, 6.07) is 9.60. The Morgan fingerprint density at radius 1 is 1.07 bits per heavy atom. The van der Waals surface area contributed by atoms with Crippen LogP contribution in [0.4, 0.5) is 11.5 Å². The molecule has 0 radical (unpaired) electrons. The zero-order chi connectivity index (χ0) is 18.5. The Bertz CT molecular complexity index is 983. The Labute approximate surface area is 165 Å². The van der Waals surface area contributed by atoms with E-state index < -0.39 is 0 Å². The first-order chi connectivity index (χ1) is 12.7. The van der Waals surface area contributed by atoms with E-state index in [-0.39, 0.29) is 12.4 Å². The Balaban J connectivity index is 0.00000261. The fourth-order valence-corrected chi connectivity index (χ4v) is 2.76. The normalized spacial score (nSPS) is 10.0. The molecule has 1 N–H and O–H groups in total. The van der Waals surface area contributed by atoms with Gasteiger partial charge in [0, 0.05) is 22.7 Å². The average Bonchev–Trinajstić information content (AvgIpc) is 2.65. The summed E-state index contributed by atoms with van der Waals surface area (Å²) in [6.45, 7) is 6.97. The first-order valence-electron chi connectivity index (χ1n) is 8.55. The summed E-state index contributed by atoms with van der Waals surface area (Å²) >= 11 is 0. The van der Waals surface area contributed by atoms with Crippen molar-refractivity contribution in [2.75, 3.05) is 18.5 Å². The third-order valence-electron chi connectivity index (χ3n) is 4.04. The first-order valence-corrected chi connectivity index (χ1v) is 8.55. The van der Waals surface area contributed by atoms with E-state index in [1.54, 1.807) is 0 Å². The van der Waals surface area contributed by atoms with E-state index in [0.717, 1.165) is 27.7 Å². The van der Waals surface area contributed by atoms with Crippen molar-refractivity contribution in [2.45, 2.75) is 20.8 Å². The van der Waals surface area contributed by atoms with Crippen LogP contribution < -0.4 is 14.8 Å². The highest BCUT2D eigenvalue weighted by Gasteiger charge is 2.13. The summed E-state index contributed by atoms with van der Waals surface area (Å²) in [5, 5.41) is 4.22. The van der Waals surface area contributed by atoms with Crippen molar-refractivity contribution in [1.29, 1.82) is 0 Å². The second kappa shape index (κ2) is 9.11. The smallest absolute Gasteiger partial charge is 0.163 e. The molecule has 0 saturated carbocycles. The number of ether oxygens (including phenoxy) is 2. The second-order valence-corrected chi connectivity index (χ2v) is 5.65. The van der Waals surface area contributed by atoms with Crippen LogP contribution in [0.2, 0.25) is 0 Å². The number of terminal acetylenes is 1. The topological polar surface area (TPSA) is 56.3 Å². The maximum absolute atomic E-state index is 5.73. The zero-order valence-electron chi connectivity index (χ0n) is 15.6. The lowest BCUT2D eigenvalue weighted by Gasteiger charge is -2.15. The fourth-order valence-electron chi connectivity index (χ4n) is 2.76. The van der Waals surface area contributed by atoms with Gasteiger partial charge in [-0.3, -0.25) is 0 Å². The molecule has 0 aliphatic rings. The standard InChI is InChI=1S/C21H21N3O2.ClH/c1-5-15-9-8-10-17(14(15)4)24-21-16-11-19(25-6-2)20(26-7-3)12-18(16)22-13-23-21;/h1,8-13H,6-7H2,2-4H3,(H,22,23,24);1H. The van der Waals surface area contributed by atoms with Crippen molar-refractivity contribution in [1.82, 2.24) is 9.97 Å². The number of fused-ring (bicyclic) bond motifs is 1. The number of benzene rings is 2. The summed E-state index contributed by atoms with van der Waals surface area (Å²) in [5.74, 6) is 4.74. The van der Waals surface area contributed by atoms with E-state index in [4.69, 9.17) is 15.9 Å². The van der Waals surface area contributed by atoms with Crippen LogP contribution >= 0.6 is 12.4 Å². The largest absolute Gasteiger partial charge is 0.490 e. The average molecular weight is 384 g/mol. The molecular formula is C21H22ClN3O2. The number of rotatable bonds is 6. The van der Waals surface area contributed by atoms with E-state index in [1.807, 2.05) is 51.1 Å². The highest BCUT2D eigenvalue weighted by Crippen LogP contribution is 2.35. The van der Waals surface area contributed by atoms with Crippen LogP contribution in [-0.2, 0) is 0 Å². The van der Waals surface area contributed by atoms with Gasteiger partial charge in [-0.05, 0) is 44.5 Å². The summed E-state index contributed by atoms with van der Waals surface area (Å²) < 4.78 is 11.4. The van der Waals surface area contributed by atoms with Crippen LogP contribution in [0, 0.1) is 19.3 Å². The van der Waals surface area contributed by atoms with Gasteiger partial charge in [0.05, 0.1) is 18.7 Å². The van der Waals surface area contributed by atoms with Crippen molar-refractivity contribution in [3.8, 4) is 23.8 Å². The molecule has 0 spiro atoms. The van der Waals surface area contributed by atoms with Crippen LogP contribution in [0.15, 0.2) is 36.7 Å². The lowest BCUT2D eigenvalue weighted by Crippen LogP contribution is -2.02. The summed E-state index contributed by atoms with van der Waals surface area (Å²) in [5.41, 5.74) is 3.53. The third kappa shape index (κ3) is 4.24. The van der Waals surface area contributed by atoms with Gasteiger partial charge in [-0.15, -0.1) is 18.8 Å². The molecule has 0 atom stereocenters. The minimum atomic E-state index is 0. The maximum atomic E-state index is 5.73. The summed E-state index contributed by atoms with van der Waals surface area (Å²) in [4.78, 5) is 8.77. The molecule has 0 aliphatic heterocycles. The predicted octanol–water partition coefficient (Wildman–Crippen LogP) is 4.88. The Morgan fingerprint density at radius 2 is 1.78 bits per heavy atom. The molecule has 27 heavy (non-hydrogen) atoms. The molecule has 2 aromatic carbocycles. The molecular weight excluding hydrogens is 362 g/mol. The number of halogens is 1. The monoisotopic (exact) mass is 383 g/mol. The van der Waals surface area contributed by atoms with Crippen molar-refractivity contribution >= 4 is 34.8 Å². The minimum absolute atomic E-state index is 0. The van der Waals surface area contributed by atoms with Crippen molar-refractivity contribution in [3.05, 3.63) is 47.8 Å². The Kier molecular flexibility index (Phi) is 6.86. The van der Waals surface area contributed by atoms with Crippen molar-refractivity contribution in [3.63, 3.8) is 0 Å². The van der Waals surface area contributed by atoms with Gasteiger partial charge in [-0.1, -0.05) is 12.0 Å². The van der Waals surface area contributed by atoms with Crippen LogP contribution in [0.25, 0.3) is 10.9 Å². The number of nitrogens with zero attached hydrogens (tertiary/aromatic N) is 2. The highest BCUT2D eigenvalue weighted by atomic mass is 35.5. The SMILES string of the molecule is C#Cc1cccc(Nc2ncnc3cc(OCC)c(OCC)cc23)c1C.Cl. The van der Waals surface area contributed by atoms with Gasteiger partial charge in [-0.2, -0.15) is 0 Å². The lowest BCUT2D eigenvalue weighted by molar-refractivity contribution is 0.288. The molecule has 6 heteroatoms. The molecule has 0 aliphatic carbocycles. The molecule has 5 nitrogen and oxygen atoms in total. The fraction of sp³-hybridized carbons (Fsp3) is 0.238. The Hall–Kier alpha value is -2.97. The van der Waals surface area contributed by atoms with Crippen LogP contribution in [0.3, 0.4) is 0 Å². The molecule has 1 heterocycles. The lowest BCUT2D eigenvalue weighted by atomic mass is 10.1. The van der Waals surface area contributed by atoms with Crippen molar-refractivity contribution < 1.29 is 9.47 Å². The number of hydrogen-bond acceptors (Lipinski definition) is 5. The quantitative estimate of drug-likeness (QED) is 0.614. The van der Waals surface area contributed by atoms with E-state index in [2.05, 4.69) is 21.2 Å². The molecule has 1 aromatic heterocycles. The van der Waals surface area contributed by atoms with E-state index in [0.29, 0.717) is 30.5 Å². The number of anilines is 2. The van der Waals surface area contributed by atoms with Crippen LogP contribution in [0.1, 0.15) is 25.0 Å². The number of aromatic nitrogens is 2. The Morgan fingerprint density at radius 3 is 2.44 bits per heavy atom. The predicted molar refractivity (Wildman–Crippen MR) is 112 cm³/mol. The third-order valence-corrected chi connectivity index (χ3v) is 4.04. The highest BCUT2D eigenvalue weighted by molar-refractivity contribution is 5.93. The van der Waals surface area contributed by atoms with Gasteiger partial charge in [0.15, 0.2) is 11.5 Å². The molecule has 0 unspecified atom stereocenters. The molecule has 3 aromatic rings. The number of hydrogen-bond donors (Lipinski definition) is 1. The first kappa shape index (κ1) is 20.3. The molecule has 3 rings (SSSR count). The zero-order valence-corrected chi connectivity index (χ0v) is 16.4. The van der Waals surface area contributed by atoms with Gasteiger partial charge in [0.1, 0.15) is 12.1 Å².